The number of halogens is 1. The minimum Gasteiger partial charge on any atom is -0.339 e. The summed E-state index contributed by atoms with van der Waals surface area (Å²) in [5.74, 6) is 0.303. The molecule has 37 heavy (non-hydrogen) atoms. The summed E-state index contributed by atoms with van der Waals surface area (Å²) in [5.41, 5.74) is 2.73. The molecule has 3 heterocycles. The van der Waals surface area contributed by atoms with Gasteiger partial charge in [-0.15, -0.1) is 12.8 Å². The summed E-state index contributed by atoms with van der Waals surface area (Å²) in [6.45, 7) is 4.54. The predicted molar refractivity (Wildman–Crippen MR) is 151 cm³/mol. The number of nitrogens with zero attached hydrogens (tertiary/aromatic N) is 4. The zero-order chi connectivity index (χ0) is 27.2. The highest BCUT2D eigenvalue weighted by molar-refractivity contribution is 6.35. The number of H-pyrrole nitrogens is 1. The smallest absolute Gasteiger partial charge is 0.258 e. The standard InChI is InChI=1S/C14H11ClN4O.C12H22N2O.C2H2/c1-8-7-9(5-6-16-8)13(20)19-14-17-11-4-2-3-10(15)12(11)18-14;1-13(2)9-7-8-12(15)14-10-5-3-4-6-11-14;1-2/h2-7H,1H3,(H2,17,18,19,20);7-8H,3-6,9-11H2,1-2H3;1-2H/b;8-7+;. The maximum Gasteiger partial charge on any atom is 0.258 e. The third-order valence-corrected chi connectivity index (χ3v) is 5.81. The highest BCUT2D eigenvalue weighted by atomic mass is 35.5. The summed E-state index contributed by atoms with van der Waals surface area (Å²) >= 11 is 6.04. The van der Waals surface area contributed by atoms with E-state index < -0.39 is 0 Å². The predicted octanol–water partition coefficient (Wildman–Crippen LogP) is 4.93. The number of aryl methyl sites for hydroxylation is 1. The average molecular weight is 523 g/mol. The second-order valence-electron chi connectivity index (χ2n) is 8.77. The third kappa shape index (κ3) is 9.71. The molecule has 1 aromatic carbocycles. The number of amides is 2. The van der Waals surface area contributed by atoms with Crippen LogP contribution >= 0.6 is 11.6 Å². The van der Waals surface area contributed by atoms with E-state index in [2.05, 4.69) is 33.1 Å². The largest absolute Gasteiger partial charge is 0.339 e. The molecule has 0 spiro atoms. The van der Waals surface area contributed by atoms with Gasteiger partial charge in [0.15, 0.2) is 0 Å². The van der Waals surface area contributed by atoms with Crippen molar-refractivity contribution < 1.29 is 9.59 Å². The number of nitrogens with one attached hydrogen (secondary N) is 2. The van der Waals surface area contributed by atoms with Crippen molar-refractivity contribution in [3.8, 4) is 12.8 Å². The lowest BCUT2D eigenvalue weighted by atomic mass is 10.2. The summed E-state index contributed by atoms with van der Waals surface area (Å²) in [4.78, 5) is 39.2. The number of rotatable bonds is 5. The van der Waals surface area contributed by atoms with Crippen LogP contribution in [0.15, 0.2) is 48.7 Å². The number of carbonyl (C=O) groups excluding carboxylic acids is 2. The molecule has 9 heteroatoms. The SMILES string of the molecule is C#C.CN(C)C/C=C/C(=O)N1CCCCCC1.Cc1cc(C(=O)Nc2nc3c(Cl)cccc3[nH]2)ccn1. The number of aromatic nitrogens is 3. The molecule has 2 aromatic heterocycles. The number of hydrogen-bond donors (Lipinski definition) is 2. The molecule has 1 fully saturated rings. The van der Waals surface area contributed by atoms with Crippen LogP contribution in [0.4, 0.5) is 5.95 Å². The number of aromatic amines is 1. The lowest BCUT2D eigenvalue weighted by molar-refractivity contribution is -0.126. The zero-order valence-electron chi connectivity index (χ0n) is 21.7. The molecule has 8 nitrogen and oxygen atoms in total. The minimum absolute atomic E-state index is 0.179. The lowest BCUT2D eigenvalue weighted by Gasteiger charge is -2.18. The number of fused-ring (bicyclic) bond motifs is 1. The van der Waals surface area contributed by atoms with Crippen LogP contribution in [0, 0.1) is 19.8 Å². The number of anilines is 1. The quantitative estimate of drug-likeness (QED) is 0.366. The van der Waals surface area contributed by atoms with E-state index in [1.807, 2.05) is 49.0 Å². The van der Waals surface area contributed by atoms with Crippen molar-refractivity contribution in [1.82, 2.24) is 24.8 Å². The number of benzene rings is 1. The first-order valence-electron chi connectivity index (χ1n) is 12.1. The van der Waals surface area contributed by atoms with Gasteiger partial charge in [-0.1, -0.05) is 36.6 Å². The van der Waals surface area contributed by atoms with Crippen molar-refractivity contribution in [3.63, 3.8) is 0 Å². The van der Waals surface area contributed by atoms with Gasteiger partial charge in [-0.3, -0.25) is 19.9 Å². The number of imidazole rings is 1. The number of para-hydroxylation sites is 1. The van der Waals surface area contributed by atoms with E-state index >= 15 is 0 Å². The molecule has 1 aliphatic heterocycles. The molecule has 0 unspecified atom stereocenters. The second kappa shape index (κ2) is 15.4. The molecular weight excluding hydrogens is 488 g/mol. The maximum absolute atomic E-state index is 12.1. The summed E-state index contributed by atoms with van der Waals surface area (Å²) in [5, 5.41) is 3.25. The van der Waals surface area contributed by atoms with Gasteiger partial charge >= 0.3 is 0 Å². The van der Waals surface area contributed by atoms with Gasteiger partial charge in [0.1, 0.15) is 5.52 Å². The molecule has 0 radical (unpaired) electrons. The van der Waals surface area contributed by atoms with Crippen molar-refractivity contribution in [1.29, 1.82) is 0 Å². The van der Waals surface area contributed by atoms with Gasteiger partial charge in [-0.05, 0) is 58.1 Å². The third-order valence-electron chi connectivity index (χ3n) is 5.50. The zero-order valence-corrected chi connectivity index (χ0v) is 22.5. The Bertz CT molecular complexity index is 1210. The van der Waals surface area contributed by atoms with E-state index in [4.69, 9.17) is 11.6 Å². The second-order valence-corrected chi connectivity index (χ2v) is 9.17. The van der Waals surface area contributed by atoms with Crippen LogP contribution < -0.4 is 5.32 Å². The van der Waals surface area contributed by atoms with Gasteiger partial charge in [-0.25, -0.2) is 4.98 Å². The average Bonchev–Trinajstić information content (AvgIpc) is 3.10. The highest BCUT2D eigenvalue weighted by Crippen LogP contribution is 2.22. The maximum atomic E-state index is 12.1. The number of likely N-dealkylation sites (N-methyl/N-ethyl adjacent to an activating group) is 1. The molecular formula is C28H35ClN6O2. The molecule has 0 atom stereocenters. The summed E-state index contributed by atoms with van der Waals surface area (Å²) in [7, 11) is 4.00. The first kappa shape index (κ1) is 29.6. The fourth-order valence-electron chi connectivity index (χ4n) is 3.68. The molecule has 1 aliphatic rings. The van der Waals surface area contributed by atoms with Crippen molar-refractivity contribution in [2.75, 3.05) is 39.0 Å². The van der Waals surface area contributed by atoms with Crippen LogP contribution in [-0.4, -0.2) is 70.3 Å². The molecule has 0 bridgehead atoms. The molecule has 2 N–H and O–H groups in total. The Morgan fingerprint density at radius 3 is 2.49 bits per heavy atom. The van der Waals surface area contributed by atoms with Crippen molar-refractivity contribution >= 4 is 40.4 Å². The Kier molecular flexibility index (Phi) is 12.3. The topological polar surface area (TPSA) is 94.2 Å². The van der Waals surface area contributed by atoms with Crippen LogP contribution in [0.1, 0.15) is 41.7 Å². The molecule has 0 saturated carbocycles. The number of carbonyl (C=O) groups is 2. The molecule has 0 aliphatic carbocycles. The van der Waals surface area contributed by atoms with Crippen molar-refractivity contribution in [2.45, 2.75) is 32.6 Å². The number of pyridine rings is 1. The van der Waals surface area contributed by atoms with E-state index in [1.165, 1.54) is 12.8 Å². The minimum atomic E-state index is -0.245. The van der Waals surface area contributed by atoms with Gasteiger partial charge in [-0.2, -0.15) is 0 Å². The van der Waals surface area contributed by atoms with Crippen LogP contribution in [-0.2, 0) is 4.79 Å². The Labute approximate surface area is 224 Å². The van der Waals surface area contributed by atoms with Gasteiger partial charge in [0.05, 0.1) is 10.5 Å². The molecule has 4 rings (SSSR count). The summed E-state index contributed by atoms with van der Waals surface area (Å²) in [6, 6.07) is 8.78. The molecule has 2 amide bonds. The van der Waals surface area contributed by atoms with Crippen LogP contribution in [0.5, 0.6) is 0 Å². The lowest BCUT2D eigenvalue weighted by Crippen LogP contribution is -2.30. The van der Waals surface area contributed by atoms with E-state index in [9.17, 15) is 9.59 Å². The monoisotopic (exact) mass is 522 g/mol. The number of hydrogen-bond acceptors (Lipinski definition) is 5. The van der Waals surface area contributed by atoms with Crippen molar-refractivity contribution in [2.24, 2.45) is 0 Å². The number of terminal acetylenes is 1. The first-order chi connectivity index (χ1) is 17.8. The Morgan fingerprint density at radius 1 is 1.16 bits per heavy atom. The Hall–Kier alpha value is -3.67. The Morgan fingerprint density at radius 2 is 1.86 bits per heavy atom. The highest BCUT2D eigenvalue weighted by Gasteiger charge is 2.13. The van der Waals surface area contributed by atoms with Crippen LogP contribution in [0.25, 0.3) is 11.0 Å². The fraction of sp³-hybridized carbons (Fsp3) is 0.357. The van der Waals surface area contributed by atoms with Gasteiger partial charge in [0.25, 0.3) is 5.91 Å². The van der Waals surface area contributed by atoms with Crippen molar-refractivity contribution in [3.05, 3.63) is 65.0 Å². The normalized spacial score (nSPS) is 13.3. The van der Waals surface area contributed by atoms with E-state index in [-0.39, 0.29) is 11.8 Å². The summed E-state index contributed by atoms with van der Waals surface area (Å²) in [6.07, 6.45) is 18.1. The fourth-order valence-corrected chi connectivity index (χ4v) is 3.90. The van der Waals surface area contributed by atoms with E-state index in [0.717, 1.165) is 43.7 Å². The van der Waals surface area contributed by atoms with Gasteiger partial charge < -0.3 is 14.8 Å². The summed E-state index contributed by atoms with van der Waals surface area (Å²) < 4.78 is 0. The molecule has 196 valence electrons. The Balaban J connectivity index is 0.000000254. The van der Waals surface area contributed by atoms with Gasteiger partial charge in [0.2, 0.25) is 11.9 Å². The van der Waals surface area contributed by atoms with E-state index in [1.54, 1.807) is 30.5 Å². The number of likely N-dealkylation sites (tertiary alicyclic amines) is 1. The molecule has 3 aromatic rings. The molecule has 1 saturated heterocycles. The van der Waals surface area contributed by atoms with Crippen LogP contribution in [0.2, 0.25) is 5.02 Å². The van der Waals surface area contributed by atoms with Gasteiger partial charge in [0, 0.05) is 43.2 Å². The van der Waals surface area contributed by atoms with E-state index in [0.29, 0.717) is 22.1 Å². The first-order valence-corrected chi connectivity index (χ1v) is 12.5. The van der Waals surface area contributed by atoms with Crippen LogP contribution in [0.3, 0.4) is 0 Å².